The number of benzene rings is 1. The van der Waals surface area contributed by atoms with Crippen LogP contribution in [0.3, 0.4) is 0 Å². The van der Waals surface area contributed by atoms with Gasteiger partial charge in [0, 0.05) is 6.20 Å². The lowest BCUT2D eigenvalue weighted by molar-refractivity contribution is -0.115. The van der Waals surface area contributed by atoms with Crippen molar-refractivity contribution in [1.82, 2.24) is 10.3 Å². The molecule has 1 aliphatic carbocycles. The summed E-state index contributed by atoms with van der Waals surface area (Å²) in [5.74, 6) is -0.131. The molecule has 116 valence electrons. The van der Waals surface area contributed by atoms with Gasteiger partial charge < -0.3 is 11.1 Å². The van der Waals surface area contributed by atoms with Crippen molar-refractivity contribution in [1.29, 1.82) is 0 Å². The maximum atomic E-state index is 12.1. The van der Waals surface area contributed by atoms with Gasteiger partial charge >= 0.3 is 0 Å². The molecular formula is C16H14N4OS2. The second kappa shape index (κ2) is 5.82. The molecule has 0 atom stereocenters. The third-order valence-corrected chi connectivity index (χ3v) is 5.49. The summed E-state index contributed by atoms with van der Waals surface area (Å²) in [6.45, 7) is 0. The van der Waals surface area contributed by atoms with E-state index in [2.05, 4.69) is 21.4 Å². The number of anilines is 1. The number of nitrogen functional groups attached to an aromatic ring is 1. The number of amides is 1. The van der Waals surface area contributed by atoms with Crippen LogP contribution in [0.15, 0.2) is 34.3 Å². The Morgan fingerprint density at radius 3 is 3.09 bits per heavy atom. The van der Waals surface area contributed by atoms with Gasteiger partial charge in [-0.1, -0.05) is 23.5 Å². The van der Waals surface area contributed by atoms with E-state index in [1.807, 2.05) is 12.1 Å². The van der Waals surface area contributed by atoms with E-state index in [1.54, 1.807) is 12.3 Å². The molecular weight excluding hydrogens is 328 g/mol. The van der Waals surface area contributed by atoms with E-state index in [0.717, 1.165) is 23.4 Å². The number of thiazole rings is 1. The lowest BCUT2D eigenvalue weighted by atomic mass is 10.1. The van der Waals surface area contributed by atoms with Crippen molar-refractivity contribution in [2.24, 2.45) is 4.99 Å². The van der Waals surface area contributed by atoms with Crippen molar-refractivity contribution in [3.05, 3.63) is 45.3 Å². The highest BCUT2D eigenvalue weighted by Crippen LogP contribution is 2.34. The van der Waals surface area contributed by atoms with Gasteiger partial charge in [-0.15, -0.1) is 0 Å². The second-order valence-electron chi connectivity index (χ2n) is 5.35. The number of thioether (sulfide) groups is 1. The molecule has 23 heavy (non-hydrogen) atoms. The summed E-state index contributed by atoms with van der Waals surface area (Å²) in [7, 11) is 0. The molecule has 0 radical (unpaired) electrons. The minimum absolute atomic E-state index is 0.131. The zero-order chi connectivity index (χ0) is 15.8. The zero-order valence-electron chi connectivity index (χ0n) is 12.2. The van der Waals surface area contributed by atoms with Crippen LogP contribution in [0.4, 0.5) is 10.8 Å². The number of aromatic nitrogens is 1. The van der Waals surface area contributed by atoms with Crippen molar-refractivity contribution in [2.45, 2.75) is 19.3 Å². The first-order valence-corrected chi connectivity index (χ1v) is 8.94. The number of aryl methyl sites for hydroxylation is 1. The first-order valence-electron chi connectivity index (χ1n) is 7.31. The van der Waals surface area contributed by atoms with Crippen molar-refractivity contribution in [3.8, 4) is 0 Å². The summed E-state index contributed by atoms with van der Waals surface area (Å²) in [6, 6.07) is 6.20. The summed E-state index contributed by atoms with van der Waals surface area (Å²) < 4.78 is 0. The van der Waals surface area contributed by atoms with Gasteiger partial charge in [-0.25, -0.2) is 9.98 Å². The van der Waals surface area contributed by atoms with E-state index >= 15 is 0 Å². The molecule has 2 heterocycles. The predicted molar refractivity (Wildman–Crippen MR) is 95.8 cm³/mol. The maximum Gasteiger partial charge on any atom is 0.264 e. The topological polar surface area (TPSA) is 80.4 Å². The number of hydrogen-bond donors (Lipinski definition) is 2. The molecule has 0 spiro atoms. The van der Waals surface area contributed by atoms with Crippen molar-refractivity contribution >= 4 is 51.1 Å². The van der Waals surface area contributed by atoms with Crippen LogP contribution in [0, 0.1) is 0 Å². The number of nitrogens with zero attached hydrogens (tertiary/aromatic N) is 2. The minimum Gasteiger partial charge on any atom is -0.375 e. The Morgan fingerprint density at radius 2 is 2.26 bits per heavy atom. The predicted octanol–water partition coefficient (Wildman–Crippen LogP) is 3.11. The smallest absolute Gasteiger partial charge is 0.264 e. The van der Waals surface area contributed by atoms with Crippen molar-refractivity contribution in [3.63, 3.8) is 0 Å². The standard InChI is InChI=1S/C16H14N4OS2/c17-15-18-8-10(22-15)7-13-14(21)20-16(23-13)19-12-6-2-4-9-3-1-5-11(9)12/h2,4,6-8H,1,3,5H2,(H2,17,18)(H,19,20,21)/b13-7-. The molecule has 2 aromatic rings. The van der Waals surface area contributed by atoms with E-state index in [4.69, 9.17) is 5.73 Å². The molecule has 5 nitrogen and oxygen atoms in total. The Morgan fingerprint density at radius 1 is 1.35 bits per heavy atom. The highest BCUT2D eigenvalue weighted by molar-refractivity contribution is 8.18. The Hall–Kier alpha value is -2.12. The van der Waals surface area contributed by atoms with Crippen LogP contribution in [-0.2, 0) is 17.6 Å². The Labute approximate surface area is 141 Å². The second-order valence-corrected chi connectivity index (χ2v) is 7.48. The van der Waals surface area contributed by atoms with Crippen LogP contribution in [-0.4, -0.2) is 16.1 Å². The number of hydrogen-bond acceptors (Lipinski definition) is 6. The monoisotopic (exact) mass is 342 g/mol. The van der Waals surface area contributed by atoms with Crippen LogP contribution in [0.5, 0.6) is 0 Å². The van der Waals surface area contributed by atoms with Gasteiger partial charge in [0.15, 0.2) is 10.3 Å². The van der Waals surface area contributed by atoms with Gasteiger partial charge in [0.25, 0.3) is 5.91 Å². The summed E-state index contributed by atoms with van der Waals surface area (Å²) in [4.78, 5) is 22.2. The normalized spacial score (nSPS) is 20.3. The lowest BCUT2D eigenvalue weighted by Crippen LogP contribution is -2.19. The minimum atomic E-state index is -0.131. The van der Waals surface area contributed by atoms with Crippen LogP contribution >= 0.6 is 23.1 Å². The molecule has 3 N–H and O–H groups in total. The molecule has 0 saturated carbocycles. The molecule has 1 aliphatic heterocycles. The Balaban J connectivity index is 1.61. The average Bonchev–Trinajstić information content (AvgIpc) is 3.22. The first-order chi connectivity index (χ1) is 11.2. The van der Waals surface area contributed by atoms with Gasteiger partial charge in [0.1, 0.15) is 0 Å². The maximum absolute atomic E-state index is 12.1. The van der Waals surface area contributed by atoms with Gasteiger partial charge in [0.2, 0.25) is 0 Å². The van der Waals surface area contributed by atoms with E-state index in [0.29, 0.717) is 15.2 Å². The fourth-order valence-electron chi connectivity index (χ4n) is 2.79. The van der Waals surface area contributed by atoms with E-state index < -0.39 is 0 Å². The number of amidine groups is 1. The van der Waals surface area contributed by atoms with Gasteiger partial charge in [-0.05, 0) is 54.3 Å². The first kappa shape index (κ1) is 14.5. The van der Waals surface area contributed by atoms with Crippen LogP contribution < -0.4 is 11.1 Å². The average molecular weight is 342 g/mol. The number of nitrogens with two attached hydrogens (primary N) is 1. The highest BCUT2D eigenvalue weighted by Gasteiger charge is 2.25. The number of nitrogens with one attached hydrogen (secondary N) is 1. The quantitative estimate of drug-likeness (QED) is 0.822. The van der Waals surface area contributed by atoms with E-state index in [-0.39, 0.29) is 5.91 Å². The molecule has 1 amide bonds. The third-order valence-electron chi connectivity index (χ3n) is 3.81. The van der Waals surface area contributed by atoms with Crippen LogP contribution in [0.2, 0.25) is 0 Å². The highest BCUT2D eigenvalue weighted by atomic mass is 32.2. The number of aliphatic imine (C=N–C) groups is 1. The van der Waals surface area contributed by atoms with Gasteiger partial charge in [-0.3, -0.25) is 4.79 Å². The summed E-state index contributed by atoms with van der Waals surface area (Å²) in [6.07, 6.45) is 6.82. The molecule has 1 aromatic carbocycles. The molecule has 0 bridgehead atoms. The molecule has 0 unspecified atom stereocenters. The Kier molecular flexibility index (Phi) is 3.66. The number of carbonyl (C=O) groups is 1. The van der Waals surface area contributed by atoms with Crippen molar-refractivity contribution < 1.29 is 4.79 Å². The van der Waals surface area contributed by atoms with Crippen LogP contribution in [0.25, 0.3) is 6.08 Å². The summed E-state index contributed by atoms with van der Waals surface area (Å²) in [5, 5.41) is 3.95. The fraction of sp³-hybridized carbons (Fsp3) is 0.188. The third kappa shape index (κ3) is 2.89. The molecule has 2 aliphatic rings. The number of rotatable bonds is 2. The summed E-state index contributed by atoms with van der Waals surface area (Å²) in [5.41, 5.74) is 9.26. The number of carbonyl (C=O) groups excluding carboxylic acids is 1. The summed E-state index contributed by atoms with van der Waals surface area (Å²) >= 11 is 2.71. The van der Waals surface area contributed by atoms with E-state index in [9.17, 15) is 4.79 Å². The SMILES string of the molecule is Nc1ncc(/C=C2\SC(=Nc3cccc4c3CCC4)NC2=O)s1. The van der Waals surface area contributed by atoms with Crippen LogP contribution in [0.1, 0.15) is 22.4 Å². The molecule has 1 fully saturated rings. The van der Waals surface area contributed by atoms with Gasteiger partial charge in [0.05, 0.1) is 15.5 Å². The van der Waals surface area contributed by atoms with Gasteiger partial charge in [-0.2, -0.15) is 0 Å². The van der Waals surface area contributed by atoms with E-state index in [1.165, 1.54) is 40.6 Å². The molecule has 1 aromatic heterocycles. The lowest BCUT2D eigenvalue weighted by Gasteiger charge is -2.03. The largest absolute Gasteiger partial charge is 0.375 e. The fourth-order valence-corrected chi connectivity index (χ4v) is 4.32. The Bertz CT molecular complexity index is 854. The number of fused-ring (bicyclic) bond motifs is 1. The molecule has 7 heteroatoms. The zero-order valence-corrected chi connectivity index (χ0v) is 13.8. The molecule has 1 saturated heterocycles. The van der Waals surface area contributed by atoms with Crippen molar-refractivity contribution in [2.75, 3.05) is 5.73 Å². The molecule has 4 rings (SSSR count).